The molecular formula is C15H19N3O2. The summed E-state index contributed by atoms with van der Waals surface area (Å²) >= 11 is 0. The van der Waals surface area contributed by atoms with Crippen molar-refractivity contribution in [3.05, 3.63) is 34.6 Å². The first kappa shape index (κ1) is 13.1. The lowest BCUT2D eigenvalue weighted by atomic mass is 9.98. The lowest BCUT2D eigenvalue weighted by Gasteiger charge is -2.32. The van der Waals surface area contributed by atoms with Crippen LogP contribution in [-0.2, 0) is 7.05 Å². The molecule has 2 heterocycles. The molecule has 1 aromatic heterocycles. The van der Waals surface area contributed by atoms with Gasteiger partial charge in [0.05, 0.1) is 10.9 Å². The summed E-state index contributed by atoms with van der Waals surface area (Å²) in [5, 5.41) is 9.86. The maximum Gasteiger partial charge on any atom is 0.262 e. The van der Waals surface area contributed by atoms with E-state index < -0.39 is 0 Å². The normalized spacial score (nSPS) is 16.8. The summed E-state index contributed by atoms with van der Waals surface area (Å²) in [6, 6.07) is 7.45. The molecular weight excluding hydrogens is 254 g/mol. The van der Waals surface area contributed by atoms with Gasteiger partial charge >= 0.3 is 0 Å². The van der Waals surface area contributed by atoms with Crippen molar-refractivity contribution >= 4 is 16.9 Å². The number of nitrogens with zero attached hydrogens (tertiary/aromatic N) is 3. The maximum absolute atomic E-state index is 12.4. The highest BCUT2D eigenvalue weighted by Crippen LogP contribution is 2.21. The summed E-state index contributed by atoms with van der Waals surface area (Å²) in [6.45, 7) is 1.92. The van der Waals surface area contributed by atoms with Crippen molar-refractivity contribution in [1.29, 1.82) is 0 Å². The molecule has 3 rings (SSSR count). The highest BCUT2D eigenvalue weighted by Gasteiger charge is 2.22. The van der Waals surface area contributed by atoms with Crippen LogP contribution in [0.3, 0.4) is 0 Å². The van der Waals surface area contributed by atoms with E-state index in [0.717, 1.165) is 37.4 Å². The van der Waals surface area contributed by atoms with Gasteiger partial charge in [-0.3, -0.25) is 9.36 Å². The summed E-state index contributed by atoms with van der Waals surface area (Å²) in [7, 11) is 1.77. The second kappa shape index (κ2) is 5.25. The zero-order chi connectivity index (χ0) is 14.1. The van der Waals surface area contributed by atoms with Crippen molar-refractivity contribution in [1.82, 2.24) is 9.55 Å². The van der Waals surface area contributed by atoms with E-state index in [4.69, 9.17) is 0 Å². The van der Waals surface area contributed by atoms with Crippen LogP contribution in [0.1, 0.15) is 12.8 Å². The lowest BCUT2D eigenvalue weighted by Crippen LogP contribution is -2.38. The van der Waals surface area contributed by atoms with Crippen LogP contribution in [0.5, 0.6) is 0 Å². The van der Waals surface area contributed by atoms with Crippen LogP contribution in [0.25, 0.3) is 10.9 Å². The highest BCUT2D eigenvalue weighted by atomic mass is 16.3. The Bertz CT molecular complexity index is 672. The van der Waals surface area contributed by atoms with Crippen LogP contribution >= 0.6 is 0 Å². The Balaban J connectivity index is 2.00. The number of piperidine rings is 1. The van der Waals surface area contributed by atoms with Gasteiger partial charge in [0.1, 0.15) is 0 Å². The lowest BCUT2D eigenvalue weighted by molar-refractivity contribution is 0.202. The first-order valence-corrected chi connectivity index (χ1v) is 7.02. The Morgan fingerprint density at radius 1 is 1.30 bits per heavy atom. The molecule has 1 fully saturated rings. The fraction of sp³-hybridized carbons (Fsp3) is 0.467. The monoisotopic (exact) mass is 273 g/mol. The maximum atomic E-state index is 12.4. The predicted octanol–water partition coefficient (Wildman–Crippen LogP) is 1.14. The largest absolute Gasteiger partial charge is 0.396 e. The van der Waals surface area contributed by atoms with E-state index in [0.29, 0.717) is 11.3 Å². The molecule has 1 N–H and O–H groups in total. The minimum absolute atomic E-state index is 0.00474. The third-order valence-corrected chi connectivity index (χ3v) is 4.12. The predicted molar refractivity (Wildman–Crippen MR) is 79.0 cm³/mol. The number of aliphatic hydroxyl groups is 1. The number of anilines is 1. The molecule has 2 aromatic rings. The van der Waals surface area contributed by atoms with E-state index >= 15 is 0 Å². The van der Waals surface area contributed by atoms with Crippen molar-refractivity contribution in [2.75, 3.05) is 24.6 Å². The van der Waals surface area contributed by atoms with Crippen molar-refractivity contribution in [2.24, 2.45) is 13.0 Å². The topological polar surface area (TPSA) is 58.4 Å². The summed E-state index contributed by atoms with van der Waals surface area (Å²) in [6.07, 6.45) is 1.89. The fourth-order valence-electron chi connectivity index (χ4n) is 2.80. The number of aliphatic hydroxyl groups excluding tert-OH is 1. The molecule has 0 radical (unpaired) electrons. The van der Waals surface area contributed by atoms with Crippen LogP contribution in [-0.4, -0.2) is 34.4 Å². The number of aromatic nitrogens is 2. The van der Waals surface area contributed by atoms with Gasteiger partial charge in [-0.2, -0.15) is 0 Å². The molecule has 0 spiro atoms. The second-order valence-corrected chi connectivity index (χ2v) is 5.41. The quantitative estimate of drug-likeness (QED) is 0.891. The van der Waals surface area contributed by atoms with Crippen LogP contribution in [0, 0.1) is 5.92 Å². The third-order valence-electron chi connectivity index (χ3n) is 4.12. The number of rotatable bonds is 2. The Hall–Kier alpha value is -1.88. The highest BCUT2D eigenvalue weighted by molar-refractivity contribution is 5.78. The molecule has 1 aliphatic heterocycles. The molecule has 5 nitrogen and oxygen atoms in total. The van der Waals surface area contributed by atoms with E-state index in [-0.39, 0.29) is 12.2 Å². The number of para-hydroxylation sites is 1. The van der Waals surface area contributed by atoms with Crippen molar-refractivity contribution in [2.45, 2.75) is 12.8 Å². The van der Waals surface area contributed by atoms with E-state index in [1.807, 2.05) is 24.3 Å². The van der Waals surface area contributed by atoms with Crippen molar-refractivity contribution < 1.29 is 5.11 Å². The first-order valence-electron chi connectivity index (χ1n) is 7.02. The van der Waals surface area contributed by atoms with Gasteiger partial charge in [-0.05, 0) is 30.9 Å². The number of hydrogen-bond acceptors (Lipinski definition) is 4. The molecule has 106 valence electrons. The summed E-state index contributed by atoms with van der Waals surface area (Å²) in [5.74, 6) is 1.11. The minimum atomic E-state index is -0.00474. The van der Waals surface area contributed by atoms with Crippen LogP contribution in [0.15, 0.2) is 29.1 Å². The zero-order valence-corrected chi connectivity index (χ0v) is 11.6. The molecule has 5 heteroatoms. The Labute approximate surface area is 117 Å². The Kier molecular flexibility index (Phi) is 3.44. The third kappa shape index (κ3) is 2.18. The van der Waals surface area contributed by atoms with E-state index in [1.165, 1.54) is 0 Å². The van der Waals surface area contributed by atoms with E-state index in [9.17, 15) is 9.90 Å². The number of fused-ring (bicyclic) bond motifs is 1. The second-order valence-electron chi connectivity index (χ2n) is 5.41. The molecule has 0 aliphatic carbocycles. The molecule has 1 aliphatic rings. The molecule has 0 saturated carbocycles. The smallest absolute Gasteiger partial charge is 0.262 e. The molecule has 0 amide bonds. The molecule has 20 heavy (non-hydrogen) atoms. The van der Waals surface area contributed by atoms with E-state index in [2.05, 4.69) is 9.88 Å². The number of hydrogen-bond donors (Lipinski definition) is 1. The molecule has 0 unspecified atom stereocenters. The number of benzene rings is 1. The van der Waals surface area contributed by atoms with Gasteiger partial charge in [0.25, 0.3) is 5.56 Å². The van der Waals surface area contributed by atoms with Crippen LogP contribution in [0.2, 0.25) is 0 Å². The van der Waals surface area contributed by atoms with Gasteiger partial charge in [-0.15, -0.1) is 0 Å². The summed E-state index contributed by atoms with van der Waals surface area (Å²) in [5.41, 5.74) is 0.741. The molecule has 0 atom stereocenters. The molecule has 1 saturated heterocycles. The van der Waals surface area contributed by atoms with Gasteiger partial charge in [0, 0.05) is 26.7 Å². The van der Waals surface area contributed by atoms with Gasteiger partial charge < -0.3 is 10.0 Å². The van der Waals surface area contributed by atoms with Crippen molar-refractivity contribution in [3.63, 3.8) is 0 Å². The standard InChI is InChI=1S/C15H19N3O2/c1-17-14(20)12-4-2-3-5-13(12)16-15(17)18-8-6-11(10-19)7-9-18/h2-5,11,19H,6-10H2,1H3. The summed E-state index contributed by atoms with van der Waals surface area (Å²) in [4.78, 5) is 19.1. The van der Waals surface area contributed by atoms with E-state index in [1.54, 1.807) is 11.6 Å². The van der Waals surface area contributed by atoms with Crippen LogP contribution in [0.4, 0.5) is 5.95 Å². The molecule has 0 bridgehead atoms. The SMILES string of the molecule is Cn1c(N2CCC(CO)CC2)nc2ccccc2c1=O. The van der Waals surface area contributed by atoms with Gasteiger partial charge in [-0.25, -0.2) is 4.98 Å². The van der Waals surface area contributed by atoms with Gasteiger partial charge in [-0.1, -0.05) is 12.1 Å². The Morgan fingerprint density at radius 2 is 2.00 bits per heavy atom. The molecule has 1 aromatic carbocycles. The Morgan fingerprint density at radius 3 is 2.70 bits per heavy atom. The average Bonchev–Trinajstić information content (AvgIpc) is 2.51. The fourth-order valence-corrected chi connectivity index (χ4v) is 2.80. The van der Waals surface area contributed by atoms with Crippen LogP contribution < -0.4 is 10.5 Å². The summed E-state index contributed by atoms with van der Waals surface area (Å²) < 4.78 is 1.63. The minimum Gasteiger partial charge on any atom is -0.396 e. The van der Waals surface area contributed by atoms with Gasteiger partial charge in [0.15, 0.2) is 0 Å². The van der Waals surface area contributed by atoms with Crippen molar-refractivity contribution in [3.8, 4) is 0 Å². The van der Waals surface area contributed by atoms with Gasteiger partial charge in [0.2, 0.25) is 5.95 Å². The zero-order valence-electron chi connectivity index (χ0n) is 11.6. The first-order chi connectivity index (χ1) is 9.70. The average molecular weight is 273 g/mol.